The lowest BCUT2D eigenvalue weighted by molar-refractivity contribution is 0.00679. The number of piperazine rings is 1. The van der Waals surface area contributed by atoms with Crippen LogP contribution in [0.5, 0.6) is 0 Å². The normalized spacial score (nSPS) is 15.4. The van der Waals surface area contributed by atoms with Gasteiger partial charge in [-0.25, -0.2) is 9.59 Å². The molecule has 0 unspecified atom stereocenters. The Morgan fingerprint density at radius 3 is 1.96 bits per heavy atom. The zero-order valence-corrected chi connectivity index (χ0v) is 18.9. The number of rotatable bonds is 2. The predicted octanol–water partition coefficient (Wildman–Crippen LogP) is 4.30. The van der Waals surface area contributed by atoms with E-state index in [1.807, 2.05) is 60.6 Å². The first kappa shape index (κ1) is 22.4. The molecule has 1 aliphatic heterocycles. The Bertz CT molecular complexity index is 742. The van der Waals surface area contributed by atoms with E-state index in [-0.39, 0.29) is 12.1 Å². The van der Waals surface area contributed by atoms with Gasteiger partial charge in [0.25, 0.3) is 0 Å². The van der Waals surface area contributed by atoms with E-state index in [4.69, 9.17) is 9.47 Å². The Balaban J connectivity index is 2.13. The number of ether oxygens (including phenoxy) is 2. The second-order valence-corrected chi connectivity index (χ2v) is 9.58. The molecule has 1 heterocycles. The van der Waals surface area contributed by atoms with Gasteiger partial charge in [0, 0.05) is 36.8 Å². The monoisotopic (exact) mass is 408 g/mol. The summed E-state index contributed by atoms with van der Waals surface area (Å²) in [5.74, 6) is -0.352. The van der Waals surface area contributed by atoms with E-state index in [1.54, 1.807) is 4.90 Å². The number of carbonyl (C=O) groups is 2. The molecule has 0 atom stereocenters. The predicted molar refractivity (Wildman–Crippen MR) is 114 cm³/mol. The van der Waals surface area contributed by atoms with Gasteiger partial charge in [0.1, 0.15) is 11.2 Å². The zero-order valence-electron chi connectivity index (χ0n) is 18.0. The molecule has 1 aromatic rings. The minimum absolute atomic E-state index is 0.291. The van der Waals surface area contributed by atoms with E-state index in [0.717, 1.165) is 16.1 Å². The van der Waals surface area contributed by atoms with Gasteiger partial charge in [0.15, 0.2) is 0 Å². The molecule has 0 saturated carbocycles. The molecule has 0 aromatic heterocycles. The maximum Gasteiger partial charge on any atom is 0.410 e. The molecule has 28 heavy (non-hydrogen) atoms. The average molecular weight is 409 g/mol. The molecule has 156 valence electrons. The summed E-state index contributed by atoms with van der Waals surface area (Å²) in [6, 6.07) is 3.81. The summed E-state index contributed by atoms with van der Waals surface area (Å²) in [6.45, 7) is 15.4. The number of nitrogens with zero attached hydrogens (tertiary/aromatic N) is 2. The SMILES string of the molecule is Cc1c(S)cc(N2CCN(C(=O)OC(C)(C)C)CC2)cc1C(=O)OC(C)(C)C. The Morgan fingerprint density at radius 2 is 1.46 bits per heavy atom. The van der Waals surface area contributed by atoms with Crippen molar-refractivity contribution in [2.75, 3.05) is 31.1 Å². The van der Waals surface area contributed by atoms with Gasteiger partial charge in [-0.1, -0.05) is 0 Å². The number of carbonyl (C=O) groups excluding carboxylic acids is 2. The molecule has 0 aliphatic carbocycles. The van der Waals surface area contributed by atoms with Crippen LogP contribution in [0, 0.1) is 6.92 Å². The molecule has 1 aliphatic rings. The van der Waals surface area contributed by atoms with Gasteiger partial charge in [-0.05, 0) is 66.2 Å². The van der Waals surface area contributed by atoms with E-state index in [2.05, 4.69) is 17.5 Å². The maximum atomic E-state index is 12.6. The molecule has 0 bridgehead atoms. The summed E-state index contributed by atoms with van der Waals surface area (Å²) in [6.07, 6.45) is -0.291. The van der Waals surface area contributed by atoms with Gasteiger partial charge in [0.05, 0.1) is 5.56 Å². The highest BCUT2D eigenvalue weighted by Gasteiger charge is 2.27. The molecule has 6 nitrogen and oxygen atoms in total. The minimum Gasteiger partial charge on any atom is -0.456 e. The van der Waals surface area contributed by atoms with Crippen molar-refractivity contribution in [3.63, 3.8) is 0 Å². The first-order chi connectivity index (χ1) is 12.8. The van der Waals surface area contributed by atoms with Crippen LogP contribution >= 0.6 is 12.6 Å². The molecular weight excluding hydrogens is 376 g/mol. The van der Waals surface area contributed by atoms with E-state index in [0.29, 0.717) is 31.7 Å². The Kier molecular flexibility index (Phi) is 6.58. The van der Waals surface area contributed by atoms with Crippen molar-refractivity contribution < 1.29 is 19.1 Å². The van der Waals surface area contributed by atoms with Crippen LogP contribution in [0.3, 0.4) is 0 Å². The third kappa shape index (κ3) is 6.06. The number of thiol groups is 1. The van der Waals surface area contributed by atoms with Gasteiger partial charge in [-0.2, -0.15) is 0 Å². The third-order valence-corrected chi connectivity index (χ3v) is 4.74. The van der Waals surface area contributed by atoms with E-state index < -0.39 is 11.2 Å². The van der Waals surface area contributed by atoms with Crippen molar-refractivity contribution in [1.29, 1.82) is 0 Å². The standard InChI is InChI=1S/C21H32N2O4S/c1-14-16(18(24)26-20(2,3)4)12-15(13-17(14)28)22-8-10-23(11-9-22)19(25)27-21(5,6)7/h12-13,28H,8-11H2,1-7H3. The molecule has 1 aromatic carbocycles. The second kappa shape index (κ2) is 8.23. The van der Waals surface area contributed by atoms with Crippen molar-refractivity contribution in [3.05, 3.63) is 23.3 Å². The molecule has 0 radical (unpaired) electrons. The van der Waals surface area contributed by atoms with Gasteiger partial charge in [-0.15, -0.1) is 12.6 Å². The van der Waals surface area contributed by atoms with Gasteiger partial charge in [-0.3, -0.25) is 0 Å². The topological polar surface area (TPSA) is 59.1 Å². The number of hydrogen-bond donors (Lipinski definition) is 1. The largest absolute Gasteiger partial charge is 0.456 e. The Hall–Kier alpha value is -1.89. The fourth-order valence-corrected chi connectivity index (χ4v) is 3.14. The van der Waals surface area contributed by atoms with Gasteiger partial charge >= 0.3 is 12.1 Å². The third-order valence-electron chi connectivity index (χ3n) is 4.28. The molecule has 0 N–H and O–H groups in total. The summed E-state index contributed by atoms with van der Waals surface area (Å²) in [5.41, 5.74) is 1.16. The lowest BCUT2D eigenvalue weighted by atomic mass is 10.1. The lowest BCUT2D eigenvalue weighted by Crippen LogP contribution is -2.50. The summed E-state index contributed by atoms with van der Waals surface area (Å²) >= 11 is 4.54. The molecule has 1 saturated heterocycles. The Morgan fingerprint density at radius 1 is 0.929 bits per heavy atom. The summed E-state index contributed by atoms with van der Waals surface area (Å²) in [5, 5.41) is 0. The number of amides is 1. The quantitative estimate of drug-likeness (QED) is 0.584. The lowest BCUT2D eigenvalue weighted by Gasteiger charge is -2.37. The number of anilines is 1. The molecule has 0 spiro atoms. The molecule has 2 rings (SSSR count). The highest BCUT2D eigenvalue weighted by Crippen LogP contribution is 2.28. The Labute approximate surface area is 173 Å². The van der Waals surface area contributed by atoms with Crippen LogP contribution in [-0.2, 0) is 9.47 Å². The zero-order chi connectivity index (χ0) is 21.3. The van der Waals surface area contributed by atoms with Crippen molar-refractivity contribution in [1.82, 2.24) is 4.90 Å². The maximum absolute atomic E-state index is 12.6. The number of hydrogen-bond acceptors (Lipinski definition) is 6. The average Bonchev–Trinajstić information content (AvgIpc) is 2.54. The first-order valence-corrected chi connectivity index (χ1v) is 10.0. The second-order valence-electron chi connectivity index (χ2n) is 9.09. The fourth-order valence-electron chi connectivity index (χ4n) is 2.89. The molecule has 7 heteroatoms. The number of benzene rings is 1. The van der Waals surface area contributed by atoms with Crippen molar-refractivity contribution in [2.24, 2.45) is 0 Å². The minimum atomic E-state index is -0.560. The van der Waals surface area contributed by atoms with E-state index in [1.165, 1.54) is 0 Å². The van der Waals surface area contributed by atoms with Crippen molar-refractivity contribution in [3.8, 4) is 0 Å². The van der Waals surface area contributed by atoms with Crippen molar-refractivity contribution >= 4 is 30.4 Å². The van der Waals surface area contributed by atoms with Crippen LogP contribution in [0.25, 0.3) is 0 Å². The summed E-state index contributed by atoms with van der Waals surface area (Å²) < 4.78 is 11.0. The molecular formula is C21H32N2O4S. The van der Waals surface area contributed by atoms with Crippen LogP contribution < -0.4 is 4.90 Å². The van der Waals surface area contributed by atoms with Crippen molar-refractivity contribution in [2.45, 2.75) is 64.6 Å². The molecule has 1 amide bonds. The van der Waals surface area contributed by atoms with Crippen LogP contribution in [-0.4, -0.2) is 54.3 Å². The highest BCUT2D eigenvalue weighted by atomic mass is 32.1. The molecule has 1 fully saturated rings. The first-order valence-electron chi connectivity index (χ1n) is 9.57. The van der Waals surface area contributed by atoms with E-state index in [9.17, 15) is 9.59 Å². The summed E-state index contributed by atoms with van der Waals surface area (Å²) in [7, 11) is 0. The van der Waals surface area contributed by atoms with E-state index >= 15 is 0 Å². The smallest absolute Gasteiger partial charge is 0.410 e. The van der Waals surface area contributed by atoms with Crippen LogP contribution in [0.4, 0.5) is 10.5 Å². The van der Waals surface area contributed by atoms with Crippen LogP contribution in [0.1, 0.15) is 57.5 Å². The fraction of sp³-hybridized carbons (Fsp3) is 0.619. The number of esters is 1. The van der Waals surface area contributed by atoms with Gasteiger partial charge in [0.2, 0.25) is 0 Å². The summed E-state index contributed by atoms with van der Waals surface area (Å²) in [4.78, 5) is 29.4. The van der Waals surface area contributed by atoms with Gasteiger partial charge < -0.3 is 19.3 Å². The van der Waals surface area contributed by atoms with Crippen LogP contribution in [0.2, 0.25) is 0 Å². The highest BCUT2D eigenvalue weighted by molar-refractivity contribution is 7.80. The van der Waals surface area contributed by atoms with Crippen LogP contribution in [0.15, 0.2) is 17.0 Å².